The van der Waals surface area contributed by atoms with Gasteiger partial charge in [0, 0.05) is 17.1 Å². The van der Waals surface area contributed by atoms with E-state index < -0.39 is 0 Å². The molecule has 13 heavy (non-hydrogen) atoms. The van der Waals surface area contributed by atoms with Crippen LogP contribution in [-0.2, 0) is 17.1 Å². The summed E-state index contributed by atoms with van der Waals surface area (Å²) in [5.41, 5.74) is 0. The minimum absolute atomic E-state index is 0. The summed E-state index contributed by atoms with van der Waals surface area (Å²) in [6.07, 6.45) is 14.6. The van der Waals surface area contributed by atoms with Crippen molar-refractivity contribution in [1.29, 1.82) is 0 Å². The Bertz CT molecular complexity index is 234. The number of allylic oxidation sites excluding steroid dienone is 8. The third kappa shape index (κ3) is 6.50. The maximum atomic E-state index is 3.34. The Balaban J connectivity index is 0.000000206. The second kappa shape index (κ2) is 7.81. The summed E-state index contributed by atoms with van der Waals surface area (Å²) >= 11 is 6.67. The molecule has 0 aromatic heterocycles. The summed E-state index contributed by atoms with van der Waals surface area (Å²) in [5.74, 6) is 0. The molecule has 0 amide bonds. The van der Waals surface area contributed by atoms with E-state index in [0.717, 1.165) is 12.8 Å². The summed E-state index contributed by atoms with van der Waals surface area (Å²) in [6, 6.07) is 0. The smallest absolute Gasteiger partial charge is 0 e. The van der Waals surface area contributed by atoms with Crippen LogP contribution in [0.15, 0.2) is 45.4 Å². The quantitative estimate of drug-likeness (QED) is 0.569. The van der Waals surface area contributed by atoms with Gasteiger partial charge >= 0.3 is 0 Å². The zero-order valence-corrected chi connectivity index (χ0v) is 11.3. The summed E-state index contributed by atoms with van der Waals surface area (Å²) in [4.78, 5) is 0. The molecule has 0 bridgehead atoms. The van der Waals surface area contributed by atoms with Crippen LogP contribution in [0.2, 0.25) is 0 Å². The zero-order valence-electron chi connectivity index (χ0n) is 6.99. The second-order valence-electron chi connectivity index (χ2n) is 2.49. The van der Waals surface area contributed by atoms with Gasteiger partial charge < -0.3 is 0 Å². The fourth-order valence-corrected chi connectivity index (χ4v) is 1.52. The van der Waals surface area contributed by atoms with Gasteiger partial charge in [0.25, 0.3) is 0 Å². The van der Waals surface area contributed by atoms with Crippen molar-refractivity contribution in [3.05, 3.63) is 45.4 Å². The van der Waals surface area contributed by atoms with Crippen LogP contribution in [0.1, 0.15) is 12.8 Å². The zero-order chi connectivity index (χ0) is 8.81. The minimum Gasteiger partial charge on any atom is -0.0796 e. The van der Waals surface area contributed by atoms with Gasteiger partial charge in [-0.25, -0.2) is 0 Å². The number of hydrogen-bond acceptors (Lipinski definition) is 0. The predicted octanol–water partition coefficient (Wildman–Crippen LogP) is 4.45. The molecule has 0 fully saturated rings. The van der Waals surface area contributed by atoms with E-state index in [2.05, 4.69) is 56.2 Å². The molecule has 0 radical (unpaired) electrons. The van der Waals surface area contributed by atoms with Crippen LogP contribution in [0.3, 0.4) is 0 Å². The predicted molar refractivity (Wildman–Crippen MR) is 61.5 cm³/mol. The fraction of sp³-hybridized carbons (Fsp3) is 0.200. The molecule has 0 N–H and O–H groups in total. The van der Waals surface area contributed by atoms with Crippen molar-refractivity contribution < 1.29 is 17.1 Å². The normalized spacial score (nSPS) is 17.1. The second-order valence-corrected chi connectivity index (χ2v) is 4.53. The summed E-state index contributed by atoms with van der Waals surface area (Å²) in [7, 11) is 0. The van der Waals surface area contributed by atoms with Crippen molar-refractivity contribution in [3.8, 4) is 0 Å². The Morgan fingerprint density at radius 2 is 1.23 bits per heavy atom. The first-order valence-corrected chi connectivity index (χ1v) is 5.40. The van der Waals surface area contributed by atoms with Gasteiger partial charge in [-0.1, -0.05) is 68.3 Å². The van der Waals surface area contributed by atoms with Gasteiger partial charge in [-0.15, -0.1) is 0 Å². The maximum Gasteiger partial charge on any atom is 0 e. The molecule has 0 saturated heterocycles. The number of rotatable bonds is 0. The maximum absolute atomic E-state index is 3.34. The first-order valence-electron chi connectivity index (χ1n) is 3.81. The molecule has 0 saturated carbocycles. The van der Waals surface area contributed by atoms with E-state index in [1.807, 2.05) is 12.2 Å². The number of halogens is 2. The Morgan fingerprint density at radius 1 is 0.846 bits per heavy atom. The molecule has 0 aromatic rings. The fourth-order valence-electron chi connectivity index (χ4n) is 0.842. The van der Waals surface area contributed by atoms with Crippen LogP contribution >= 0.6 is 31.9 Å². The van der Waals surface area contributed by atoms with E-state index in [4.69, 9.17) is 0 Å². The van der Waals surface area contributed by atoms with E-state index in [1.165, 1.54) is 8.96 Å². The first-order chi connectivity index (χ1) is 5.79. The molecule has 3 heteroatoms. The van der Waals surface area contributed by atoms with Gasteiger partial charge in [0.05, 0.1) is 0 Å². The van der Waals surface area contributed by atoms with E-state index in [0.29, 0.717) is 0 Å². The molecule has 2 aliphatic carbocycles. The van der Waals surface area contributed by atoms with E-state index in [-0.39, 0.29) is 17.1 Å². The number of hydrogen-bond donors (Lipinski definition) is 0. The molecular formula is C10H10Br2Fe. The van der Waals surface area contributed by atoms with Crippen LogP contribution < -0.4 is 0 Å². The molecule has 0 aliphatic heterocycles. The topological polar surface area (TPSA) is 0 Å². The molecule has 0 spiro atoms. The monoisotopic (exact) mass is 344 g/mol. The van der Waals surface area contributed by atoms with Crippen LogP contribution in [-0.4, -0.2) is 0 Å². The average Bonchev–Trinajstić information content (AvgIpc) is 2.63. The summed E-state index contributed by atoms with van der Waals surface area (Å²) < 4.78 is 2.56. The van der Waals surface area contributed by atoms with Crippen molar-refractivity contribution in [2.75, 3.05) is 0 Å². The minimum atomic E-state index is 0. The SMILES string of the molecule is BrC1=CC=CC1.BrC1=CC=CC1.[Fe]. The molecule has 2 aliphatic rings. The van der Waals surface area contributed by atoms with Gasteiger partial charge in [0.2, 0.25) is 0 Å². The van der Waals surface area contributed by atoms with Gasteiger partial charge in [-0.2, -0.15) is 0 Å². The van der Waals surface area contributed by atoms with Crippen molar-refractivity contribution in [2.24, 2.45) is 0 Å². The third-order valence-electron chi connectivity index (χ3n) is 1.45. The van der Waals surface area contributed by atoms with Gasteiger partial charge in [0.15, 0.2) is 0 Å². The van der Waals surface area contributed by atoms with Crippen LogP contribution in [0.25, 0.3) is 0 Å². The van der Waals surface area contributed by atoms with Gasteiger partial charge in [0.1, 0.15) is 0 Å². The average molecular weight is 346 g/mol. The molecule has 0 aromatic carbocycles. The Morgan fingerprint density at radius 3 is 1.31 bits per heavy atom. The van der Waals surface area contributed by atoms with Gasteiger partial charge in [-0.3, -0.25) is 0 Å². The van der Waals surface area contributed by atoms with E-state index in [9.17, 15) is 0 Å². The third-order valence-corrected chi connectivity index (χ3v) is 2.63. The van der Waals surface area contributed by atoms with Crippen molar-refractivity contribution in [3.63, 3.8) is 0 Å². The van der Waals surface area contributed by atoms with Crippen molar-refractivity contribution in [1.82, 2.24) is 0 Å². The van der Waals surface area contributed by atoms with Crippen molar-refractivity contribution >= 4 is 31.9 Å². The molecular weight excluding hydrogens is 336 g/mol. The molecule has 2 rings (SSSR count). The van der Waals surface area contributed by atoms with Crippen LogP contribution in [0.4, 0.5) is 0 Å². The molecule has 72 valence electrons. The van der Waals surface area contributed by atoms with E-state index in [1.54, 1.807) is 0 Å². The molecule has 0 nitrogen and oxygen atoms in total. The van der Waals surface area contributed by atoms with Crippen LogP contribution in [0.5, 0.6) is 0 Å². The summed E-state index contributed by atoms with van der Waals surface area (Å²) in [5, 5.41) is 0. The molecule has 0 atom stereocenters. The van der Waals surface area contributed by atoms with Crippen LogP contribution in [0, 0.1) is 0 Å². The Labute approximate surface area is 107 Å². The standard InChI is InChI=1S/2C5H5Br.Fe/c2*6-5-3-1-2-4-5;/h2*1-3H,4H2;. The molecule has 0 heterocycles. The Kier molecular flexibility index (Phi) is 8.07. The first kappa shape index (κ1) is 13.4. The van der Waals surface area contributed by atoms with Crippen molar-refractivity contribution in [2.45, 2.75) is 12.8 Å². The largest absolute Gasteiger partial charge is 0.0796 e. The van der Waals surface area contributed by atoms with E-state index >= 15 is 0 Å². The molecule has 0 unspecified atom stereocenters. The summed E-state index contributed by atoms with van der Waals surface area (Å²) in [6.45, 7) is 0. The Hall–Kier alpha value is 0.439. The van der Waals surface area contributed by atoms with Gasteiger partial charge in [-0.05, 0) is 21.8 Å².